The standard InChI is InChI=1S/C17H13ClN4O/c18-14-6-2-5-13(10-14)17-21-16(22-23-17)12-4-1-3-11(9-12)15-19-7-8-20-15/h1-6,9-10H,7-8H2,(H,19,20). The van der Waals surface area contributed by atoms with E-state index in [4.69, 9.17) is 16.1 Å². The normalized spacial score (nSPS) is 13.7. The fourth-order valence-electron chi connectivity index (χ4n) is 2.48. The van der Waals surface area contributed by atoms with E-state index in [2.05, 4.69) is 20.4 Å². The summed E-state index contributed by atoms with van der Waals surface area (Å²) in [6, 6.07) is 15.3. The van der Waals surface area contributed by atoms with Gasteiger partial charge in [0.05, 0.1) is 6.54 Å². The van der Waals surface area contributed by atoms with Crippen molar-refractivity contribution in [3.05, 3.63) is 59.1 Å². The van der Waals surface area contributed by atoms with Crippen LogP contribution in [0.4, 0.5) is 0 Å². The van der Waals surface area contributed by atoms with E-state index in [9.17, 15) is 0 Å². The molecule has 0 saturated heterocycles. The van der Waals surface area contributed by atoms with Gasteiger partial charge in [0.25, 0.3) is 5.89 Å². The average molecular weight is 325 g/mol. The van der Waals surface area contributed by atoms with E-state index < -0.39 is 0 Å². The summed E-state index contributed by atoms with van der Waals surface area (Å²) in [7, 11) is 0. The maximum atomic E-state index is 6.00. The molecule has 0 fully saturated rings. The first-order chi connectivity index (χ1) is 11.3. The third-order valence-electron chi connectivity index (χ3n) is 3.57. The Labute approximate surface area is 138 Å². The highest BCUT2D eigenvalue weighted by Crippen LogP contribution is 2.24. The van der Waals surface area contributed by atoms with Crippen LogP contribution in [0.5, 0.6) is 0 Å². The molecule has 5 nitrogen and oxygen atoms in total. The predicted octanol–water partition coefficient (Wildman–Crippen LogP) is 3.41. The first-order valence-corrected chi connectivity index (χ1v) is 7.66. The van der Waals surface area contributed by atoms with Gasteiger partial charge in [-0.25, -0.2) is 0 Å². The van der Waals surface area contributed by atoms with Gasteiger partial charge in [0, 0.05) is 28.3 Å². The van der Waals surface area contributed by atoms with Crippen LogP contribution in [0, 0.1) is 0 Å². The Morgan fingerprint density at radius 3 is 2.65 bits per heavy atom. The summed E-state index contributed by atoms with van der Waals surface area (Å²) in [5, 5.41) is 7.96. The van der Waals surface area contributed by atoms with E-state index in [1.54, 1.807) is 12.1 Å². The lowest BCUT2D eigenvalue weighted by Crippen LogP contribution is -2.19. The van der Waals surface area contributed by atoms with Gasteiger partial charge in [0.1, 0.15) is 5.84 Å². The van der Waals surface area contributed by atoms with Crippen molar-refractivity contribution in [3.8, 4) is 22.8 Å². The number of nitrogens with zero attached hydrogens (tertiary/aromatic N) is 3. The van der Waals surface area contributed by atoms with Crippen LogP contribution < -0.4 is 5.32 Å². The van der Waals surface area contributed by atoms with Gasteiger partial charge in [-0.05, 0) is 24.3 Å². The fraction of sp³-hybridized carbons (Fsp3) is 0.118. The first kappa shape index (κ1) is 14.0. The van der Waals surface area contributed by atoms with Gasteiger partial charge in [-0.15, -0.1) is 0 Å². The van der Waals surface area contributed by atoms with Gasteiger partial charge in [0.15, 0.2) is 0 Å². The molecule has 0 radical (unpaired) electrons. The van der Waals surface area contributed by atoms with Crippen molar-refractivity contribution < 1.29 is 4.52 Å². The molecule has 1 aliphatic rings. The van der Waals surface area contributed by atoms with Gasteiger partial charge in [-0.1, -0.05) is 41.0 Å². The minimum atomic E-state index is 0.448. The Balaban J connectivity index is 1.68. The summed E-state index contributed by atoms with van der Waals surface area (Å²) in [5.41, 5.74) is 2.71. The van der Waals surface area contributed by atoms with E-state index in [0.717, 1.165) is 35.6 Å². The molecular formula is C17H13ClN4O. The molecule has 1 N–H and O–H groups in total. The summed E-state index contributed by atoms with van der Waals surface area (Å²) in [4.78, 5) is 8.89. The minimum absolute atomic E-state index is 0.448. The van der Waals surface area contributed by atoms with E-state index in [1.807, 2.05) is 36.4 Å². The smallest absolute Gasteiger partial charge is 0.258 e. The van der Waals surface area contributed by atoms with Crippen molar-refractivity contribution in [3.63, 3.8) is 0 Å². The van der Waals surface area contributed by atoms with Crippen LogP contribution in [0.3, 0.4) is 0 Å². The van der Waals surface area contributed by atoms with E-state index in [1.165, 1.54) is 0 Å². The van der Waals surface area contributed by atoms with Crippen LogP contribution in [0.15, 0.2) is 58.0 Å². The van der Waals surface area contributed by atoms with E-state index >= 15 is 0 Å². The van der Waals surface area contributed by atoms with Crippen LogP contribution >= 0.6 is 11.6 Å². The minimum Gasteiger partial charge on any atom is -0.368 e. The highest BCUT2D eigenvalue weighted by molar-refractivity contribution is 6.30. The van der Waals surface area contributed by atoms with Crippen molar-refractivity contribution in [2.45, 2.75) is 0 Å². The molecule has 23 heavy (non-hydrogen) atoms. The first-order valence-electron chi connectivity index (χ1n) is 7.28. The molecule has 0 amide bonds. The van der Waals surface area contributed by atoms with Crippen LogP contribution in [0.2, 0.25) is 5.02 Å². The average Bonchev–Trinajstić information content (AvgIpc) is 3.27. The van der Waals surface area contributed by atoms with Crippen LogP contribution in [-0.2, 0) is 0 Å². The summed E-state index contributed by atoms with van der Waals surface area (Å²) in [5.74, 6) is 1.90. The number of halogens is 1. The van der Waals surface area contributed by atoms with E-state index in [-0.39, 0.29) is 0 Å². The van der Waals surface area contributed by atoms with Crippen molar-refractivity contribution in [1.29, 1.82) is 0 Å². The van der Waals surface area contributed by atoms with E-state index in [0.29, 0.717) is 16.7 Å². The number of amidine groups is 1. The largest absolute Gasteiger partial charge is 0.368 e. The molecule has 114 valence electrons. The molecule has 3 aromatic rings. The molecule has 0 atom stereocenters. The maximum Gasteiger partial charge on any atom is 0.258 e. The van der Waals surface area contributed by atoms with Crippen LogP contribution in [0.25, 0.3) is 22.8 Å². The third-order valence-corrected chi connectivity index (χ3v) is 3.80. The van der Waals surface area contributed by atoms with Gasteiger partial charge in [-0.3, -0.25) is 4.99 Å². The molecule has 0 spiro atoms. The molecular weight excluding hydrogens is 312 g/mol. The molecule has 1 aromatic heterocycles. The molecule has 4 rings (SSSR count). The fourth-order valence-corrected chi connectivity index (χ4v) is 2.67. The molecule has 0 unspecified atom stereocenters. The number of benzene rings is 2. The Kier molecular flexibility index (Phi) is 3.55. The number of nitrogens with one attached hydrogen (secondary N) is 1. The van der Waals surface area contributed by atoms with Crippen molar-refractivity contribution in [1.82, 2.24) is 15.5 Å². The molecule has 1 aliphatic heterocycles. The van der Waals surface area contributed by atoms with Gasteiger partial charge >= 0.3 is 0 Å². The predicted molar refractivity (Wildman–Crippen MR) is 89.6 cm³/mol. The van der Waals surface area contributed by atoms with Crippen molar-refractivity contribution in [2.24, 2.45) is 4.99 Å². The third kappa shape index (κ3) is 2.83. The second-order valence-corrected chi connectivity index (χ2v) is 5.61. The highest BCUT2D eigenvalue weighted by atomic mass is 35.5. The lowest BCUT2D eigenvalue weighted by Gasteiger charge is -2.03. The molecule has 2 heterocycles. The Hall–Kier alpha value is -2.66. The molecule has 2 aromatic carbocycles. The van der Waals surface area contributed by atoms with Crippen molar-refractivity contribution in [2.75, 3.05) is 13.1 Å². The quantitative estimate of drug-likeness (QED) is 0.802. The molecule has 0 aliphatic carbocycles. The van der Waals surface area contributed by atoms with Gasteiger partial charge < -0.3 is 9.84 Å². The SMILES string of the molecule is Clc1cccc(-c2nc(-c3cccc(C4=NCCN4)c3)no2)c1. The summed E-state index contributed by atoms with van der Waals surface area (Å²) < 4.78 is 5.36. The number of aromatic nitrogens is 2. The second kappa shape index (κ2) is 5.85. The Morgan fingerprint density at radius 2 is 1.83 bits per heavy atom. The van der Waals surface area contributed by atoms with Crippen LogP contribution in [-0.4, -0.2) is 29.1 Å². The second-order valence-electron chi connectivity index (χ2n) is 5.17. The number of aliphatic imine (C=N–C) groups is 1. The molecule has 6 heteroatoms. The van der Waals surface area contributed by atoms with Gasteiger partial charge in [0.2, 0.25) is 5.82 Å². The zero-order valence-electron chi connectivity index (χ0n) is 12.2. The van der Waals surface area contributed by atoms with Crippen LogP contribution in [0.1, 0.15) is 5.56 Å². The zero-order valence-corrected chi connectivity index (χ0v) is 12.9. The molecule has 0 saturated carbocycles. The lowest BCUT2D eigenvalue weighted by molar-refractivity contribution is 0.432. The van der Waals surface area contributed by atoms with Gasteiger partial charge in [-0.2, -0.15) is 4.98 Å². The molecule has 0 bridgehead atoms. The lowest BCUT2D eigenvalue weighted by atomic mass is 10.1. The number of hydrogen-bond acceptors (Lipinski definition) is 5. The number of hydrogen-bond donors (Lipinski definition) is 1. The topological polar surface area (TPSA) is 63.3 Å². The highest BCUT2D eigenvalue weighted by Gasteiger charge is 2.13. The Bertz CT molecular complexity index is 888. The summed E-state index contributed by atoms with van der Waals surface area (Å²) >= 11 is 6.00. The number of rotatable bonds is 3. The monoisotopic (exact) mass is 324 g/mol. The zero-order chi connectivity index (χ0) is 15.6. The maximum absolute atomic E-state index is 6.00. The summed E-state index contributed by atoms with van der Waals surface area (Å²) in [6.45, 7) is 1.68. The summed E-state index contributed by atoms with van der Waals surface area (Å²) in [6.07, 6.45) is 0. The Morgan fingerprint density at radius 1 is 1.00 bits per heavy atom. The van der Waals surface area contributed by atoms with Crippen molar-refractivity contribution >= 4 is 17.4 Å².